The molecule has 0 spiro atoms. The quantitative estimate of drug-likeness (QED) is 0.634. The number of hydrogen-bond donors (Lipinski definition) is 2. The van der Waals surface area contributed by atoms with Crippen LogP contribution in [0.15, 0.2) is 4.79 Å². The minimum absolute atomic E-state index is 0.227. The van der Waals surface area contributed by atoms with Gasteiger partial charge in [0.05, 0.1) is 0 Å². The van der Waals surface area contributed by atoms with Gasteiger partial charge in [-0.1, -0.05) is 0 Å². The van der Waals surface area contributed by atoms with Gasteiger partial charge in [-0.25, -0.2) is 4.79 Å². The standard InChI is InChI=1S/C9H12N4O/c14-9-11-7-5-10-4-6(7)8(12-9)13-2-1-3-13/h10H,1-5H2,(H,11,12,14). The lowest BCUT2D eigenvalue weighted by Crippen LogP contribution is -2.39. The summed E-state index contributed by atoms with van der Waals surface area (Å²) >= 11 is 0. The topological polar surface area (TPSA) is 61.0 Å². The van der Waals surface area contributed by atoms with Crippen molar-refractivity contribution in [3.05, 3.63) is 21.7 Å². The molecule has 5 heteroatoms. The Kier molecular flexibility index (Phi) is 1.61. The highest BCUT2D eigenvalue weighted by atomic mass is 16.1. The third kappa shape index (κ3) is 1.05. The maximum absolute atomic E-state index is 11.3. The number of aromatic nitrogens is 2. The van der Waals surface area contributed by atoms with Gasteiger partial charge in [0.15, 0.2) is 0 Å². The van der Waals surface area contributed by atoms with Crippen LogP contribution in [0, 0.1) is 0 Å². The van der Waals surface area contributed by atoms with E-state index in [9.17, 15) is 4.79 Å². The molecule has 0 amide bonds. The third-order valence-electron chi connectivity index (χ3n) is 2.86. The normalized spacial score (nSPS) is 19.3. The highest BCUT2D eigenvalue weighted by Gasteiger charge is 2.24. The number of aromatic amines is 1. The second-order valence-corrected chi connectivity index (χ2v) is 3.77. The van der Waals surface area contributed by atoms with E-state index in [0.29, 0.717) is 0 Å². The van der Waals surface area contributed by atoms with Crippen molar-refractivity contribution >= 4 is 5.82 Å². The summed E-state index contributed by atoms with van der Waals surface area (Å²) in [4.78, 5) is 20.3. The molecule has 1 aromatic heterocycles. The highest BCUT2D eigenvalue weighted by Crippen LogP contribution is 2.25. The Bertz CT molecular complexity index is 421. The molecule has 2 aliphatic heterocycles. The van der Waals surface area contributed by atoms with Crippen LogP contribution in [0.3, 0.4) is 0 Å². The molecule has 0 atom stereocenters. The highest BCUT2D eigenvalue weighted by molar-refractivity contribution is 5.51. The first kappa shape index (κ1) is 7.99. The predicted octanol–water partition coefficient (Wildman–Crippen LogP) is -0.417. The number of fused-ring (bicyclic) bond motifs is 1. The number of anilines is 1. The van der Waals surface area contributed by atoms with Crippen LogP contribution >= 0.6 is 0 Å². The van der Waals surface area contributed by atoms with Gasteiger partial charge in [0.1, 0.15) is 5.82 Å². The molecule has 3 rings (SSSR count). The molecule has 0 bridgehead atoms. The van der Waals surface area contributed by atoms with Gasteiger partial charge in [0, 0.05) is 37.4 Å². The molecule has 5 nitrogen and oxygen atoms in total. The van der Waals surface area contributed by atoms with Crippen LogP contribution < -0.4 is 15.9 Å². The maximum Gasteiger partial charge on any atom is 0.347 e. The number of nitrogens with zero attached hydrogens (tertiary/aromatic N) is 2. The van der Waals surface area contributed by atoms with Crippen molar-refractivity contribution in [3.63, 3.8) is 0 Å². The zero-order valence-corrected chi connectivity index (χ0v) is 7.84. The molecule has 0 unspecified atom stereocenters. The lowest BCUT2D eigenvalue weighted by Gasteiger charge is -2.32. The number of rotatable bonds is 1. The lowest BCUT2D eigenvalue weighted by atomic mass is 10.1. The van der Waals surface area contributed by atoms with E-state index >= 15 is 0 Å². The van der Waals surface area contributed by atoms with Crippen LogP contribution in [0.5, 0.6) is 0 Å². The van der Waals surface area contributed by atoms with Gasteiger partial charge < -0.3 is 15.2 Å². The molecule has 0 saturated carbocycles. The molecule has 0 aliphatic carbocycles. The molecular formula is C9H12N4O. The van der Waals surface area contributed by atoms with E-state index in [0.717, 1.165) is 37.7 Å². The minimum atomic E-state index is -0.227. The largest absolute Gasteiger partial charge is 0.356 e. The SMILES string of the molecule is O=c1nc(N2CCC2)c2c([nH]1)CNC2. The van der Waals surface area contributed by atoms with Crippen LogP contribution in [0.1, 0.15) is 17.7 Å². The van der Waals surface area contributed by atoms with Crippen LogP contribution in [0.2, 0.25) is 0 Å². The van der Waals surface area contributed by atoms with Gasteiger partial charge >= 0.3 is 5.69 Å². The van der Waals surface area contributed by atoms with E-state index in [1.165, 1.54) is 12.0 Å². The zero-order valence-electron chi connectivity index (χ0n) is 7.84. The summed E-state index contributed by atoms with van der Waals surface area (Å²) < 4.78 is 0. The van der Waals surface area contributed by atoms with E-state index in [1.807, 2.05) is 0 Å². The predicted molar refractivity (Wildman–Crippen MR) is 52.2 cm³/mol. The molecule has 14 heavy (non-hydrogen) atoms. The Hall–Kier alpha value is -1.36. The summed E-state index contributed by atoms with van der Waals surface area (Å²) in [5.41, 5.74) is 1.95. The van der Waals surface area contributed by atoms with Crippen LogP contribution in [-0.2, 0) is 13.1 Å². The van der Waals surface area contributed by atoms with Gasteiger partial charge in [-0.2, -0.15) is 4.98 Å². The van der Waals surface area contributed by atoms with Crippen molar-refractivity contribution in [2.24, 2.45) is 0 Å². The average molecular weight is 192 g/mol. The Balaban J connectivity index is 2.13. The van der Waals surface area contributed by atoms with E-state index in [-0.39, 0.29) is 5.69 Å². The maximum atomic E-state index is 11.3. The second kappa shape index (κ2) is 2.81. The van der Waals surface area contributed by atoms with Crippen LogP contribution in [0.4, 0.5) is 5.82 Å². The van der Waals surface area contributed by atoms with Crippen molar-refractivity contribution in [1.29, 1.82) is 0 Å². The van der Waals surface area contributed by atoms with Crippen LogP contribution in [0.25, 0.3) is 0 Å². The fourth-order valence-corrected chi connectivity index (χ4v) is 1.97. The molecule has 2 aliphatic rings. The Morgan fingerprint density at radius 3 is 2.86 bits per heavy atom. The summed E-state index contributed by atoms with van der Waals surface area (Å²) in [6.45, 7) is 3.64. The zero-order chi connectivity index (χ0) is 9.54. The smallest absolute Gasteiger partial charge is 0.347 e. The van der Waals surface area contributed by atoms with Gasteiger partial charge in [-0.15, -0.1) is 0 Å². The summed E-state index contributed by atoms with van der Waals surface area (Å²) in [5.74, 6) is 0.889. The van der Waals surface area contributed by atoms with E-state index in [2.05, 4.69) is 20.2 Å². The summed E-state index contributed by atoms with van der Waals surface area (Å²) in [7, 11) is 0. The Morgan fingerprint density at radius 1 is 1.29 bits per heavy atom. The van der Waals surface area contributed by atoms with Crippen molar-refractivity contribution < 1.29 is 0 Å². The average Bonchev–Trinajstić information content (AvgIpc) is 2.47. The minimum Gasteiger partial charge on any atom is -0.356 e. The fourth-order valence-electron chi connectivity index (χ4n) is 1.97. The van der Waals surface area contributed by atoms with Gasteiger partial charge in [0.25, 0.3) is 0 Å². The fraction of sp³-hybridized carbons (Fsp3) is 0.556. The number of nitrogens with one attached hydrogen (secondary N) is 2. The first-order chi connectivity index (χ1) is 6.84. The van der Waals surface area contributed by atoms with E-state index in [1.54, 1.807) is 0 Å². The molecule has 0 radical (unpaired) electrons. The molecule has 1 aromatic rings. The molecular weight excluding hydrogens is 180 g/mol. The van der Waals surface area contributed by atoms with Gasteiger partial charge in [0.2, 0.25) is 0 Å². The summed E-state index contributed by atoms with van der Waals surface area (Å²) in [6, 6.07) is 0. The van der Waals surface area contributed by atoms with Crippen molar-refractivity contribution in [1.82, 2.24) is 15.3 Å². The molecule has 0 aromatic carbocycles. The van der Waals surface area contributed by atoms with E-state index in [4.69, 9.17) is 0 Å². The van der Waals surface area contributed by atoms with E-state index < -0.39 is 0 Å². The lowest BCUT2D eigenvalue weighted by molar-refractivity contribution is 0.603. The van der Waals surface area contributed by atoms with Crippen LogP contribution in [-0.4, -0.2) is 23.1 Å². The Labute approximate surface area is 81.2 Å². The third-order valence-corrected chi connectivity index (χ3v) is 2.86. The number of H-pyrrole nitrogens is 1. The molecule has 74 valence electrons. The molecule has 2 N–H and O–H groups in total. The Morgan fingerprint density at radius 2 is 2.14 bits per heavy atom. The molecule has 1 saturated heterocycles. The van der Waals surface area contributed by atoms with Crippen molar-refractivity contribution in [2.75, 3.05) is 18.0 Å². The first-order valence-electron chi connectivity index (χ1n) is 4.92. The van der Waals surface area contributed by atoms with Crippen molar-refractivity contribution in [3.8, 4) is 0 Å². The van der Waals surface area contributed by atoms with Gasteiger partial charge in [-0.3, -0.25) is 0 Å². The monoisotopic (exact) mass is 192 g/mol. The number of hydrogen-bond acceptors (Lipinski definition) is 4. The molecule has 3 heterocycles. The summed E-state index contributed by atoms with van der Waals surface area (Å²) in [5, 5.41) is 3.22. The second-order valence-electron chi connectivity index (χ2n) is 3.77. The van der Waals surface area contributed by atoms with Gasteiger partial charge in [-0.05, 0) is 6.42 Å². The first-order valence-corrected chi connectivity index (χ1v) is 4.92. The van der Waals surface area contributed by atoms with Crippen molar-refractivity contribution in [2.45, 2.75) is 19.5 Å². The summed E-state index contributed by atoms with van der Waals surface area (Å²) in [6.07, 6.45) is 1.21. The molecule has 1 fully saturated rings.